The first-order chi connectivity index (χ1) is 9.43. The average Bonchev–Trinajstić information content (AvgIpc) is 2.77. The zero-order chi connectivity index (χ0) is 15.0. The standard InChI is InChI=1S/C7H8.C6H5NO6/c1-7-5-3-2-4-6-7;8-4(9)12-6(13-5(10)11)2-1-3-7-6/h2-6H,1H3;1-3H,(H,8,9)(H,10,11). The van der Waals surface area contributed by atoms with Crippen molar-refractivity contribution in [3.63, 3.8) is 0 Å². The molecule has 0 bridgehead atoms. The number of nitrogens with zero attached hydrogens (tertiary/aromatic N) is 1. The number of aryl methyl sites for hydroxylation is 1. The monoisotopic (exact) mass is 279 g/mol. The highest BCUT2D eigenvalue weighted by Crippen LogP contribution is 2.20. The molecular formula is C13H13NO6. The first-order valence-electron chi connectivity index (χ1n) is 5.52. The van der Waals surface area contributed by atoms with Gasteiger partial charge < -0.3 is 19.7 Å². The van der Waals surface area contributed by atoms with Gasteiger partial charge in [0.05, 0.1) is 0 Å². The number of benzene rings is 1. The van der Waals surface area contributed by atoms with Crippen molar-refractivity contribution in [2.75, 3.05) is 0 Å². The Balaban J connectivity index is 0.000000240. The summed E-state index contributed by atoms with van der Waals surface area (Å²) in [5, 5.41) is 16.5. The van der Waals surface area contributed by atoms with Gasteiger partial charge in [-0.2, -0.15) is 0 Å². The van der Waals surface area contributed by atoms with E-state index in [0.717, 1.165) is 6.08 Å². The molecule has 7 heteroatoms. The highest BCUT2D eigenvalue weighted by molar-refractivity contribution is 5.76. The van der Waals surface area contributed by atoms with E-state index in [1.54, 1.807) is 0 Å². The van der Waals surface area contributed by atoms with Gasteiger partial charge in [0.15, 0.2) is 0 Å². The lowest BCUT2D eigenvalue weighted by Crippen LogP contribution is -2.34. The molecule has 0 saturated carbocycles. The van der Waals surface area contributed by atoms with Crippen LogP contribution in [0.3, 0.4) is 0 Å². The van der Waals surface area contributed by atoms with Crippen LogP contribution in [0.2, 0.25) is 0 Å². The quantitative estimate of drug-likeness (QED) is 0.636. The summed E-state index contributed by atoms with van der Waals surface area (Å²) in [5.41, 5.74) is 1.32. The molecule has 0 radical (unpaired) electrons. The number of ether oxygens (including phenoxy) is 2. The van der Waals surface area contributed by atoms with Crippen molar-refractivity contribution in [3.05, 3.63) is 48.0 Å². The van der Waals surface area contributed by atoms with Crippen molar-refractivity contribution in [1.29, 1.82) is 0 Å². The van der Waals surface area contributed by atoms with Gasteiger partial charge in [-0.1, -0.05) is 35.9 Å². The van der Waals surface area contributed by atoms with Crippen LogP contribution in [0.5, 0.6) is 0 Å². The van der Waals surface area contributed by atoms with E-state index in [0.29, 0.717) is 0 Å². The second-order valence-electron chi connectivity index (χ2n) is 3.66. The van der Waals surface area contributed by atoms with Crippen LogP contribution in [0.25, 0.3) is 0 Å². The lowest BCUT2D eigenvalue weighted by atomic mass is 10.2. The van der Waals surface area contributed by atoms with E-state index in [1.807, 2.05) is 18.2 Å². The zero-order valence-corrected chi connectivity index (χ0v) is 10.6. The van der Waals surface area contributed by atoms with E-state index in [4.69, 9.17) is 10.2 Å². The average molecular weight is 279 g/mol. The summed E-state index contributed by atoms with van der Waals surface area (Å²) in [4.78, 5) is 23.7. The van der Waals surface area contributed by atoms with Gasteiger partial charge in [-0.05, 0) is 13.0 Å². The third-order valence-electron chi connectivity index (χ3n) is 2.05. The molecule has 20 heavy (non-hydrogen) atoms. The molecule has 0 unspecified atom stereocenters. The first kappa shape index (κ1) is 15.2. The van der Waals surface area contributed by atoms with Gasteiger partial charge in [-0.3, -0.25) is 0 Å². The molecule has 0 aliphatic carbocycles. The van der Waals surface area contributed by atoms with Crippen molar-refractivity contribution in [2.45, 2.75) is 12.8 Å². The highest BCUT2D eigenvalue weighted by Gasteiger charge is 2.37. The fourth-order valence-corrected chi connectivity index (χ4v) is 1.28. The van der Waals surface area contributed by atoms with Gasteiger partial charge >= 0.3 is 18.2 Å². The van der Waals surface area contributed by atoms with E-state index in [9.17, 15) is 9.59 Å². The summed E-state index contributed by atoms with van der Waals surface area (Å²) in [6.07, 6.45) is 0.197. The Morgan fingerprint density at radius 1 is 1.10 bits per heavy atom. The second kappa shape index (κ2) is 6.93. The van der Waals surface area contributed by atoms with Crippen LogP contribution in [0, 0.1) is 6.92 Å². The summed E-state index contributed by atoms with van der Waals surface area (Å²) in [5.74, 6) is -2.07. The number of carboxylic acid groups (broad SMARTS) is 2. The Labute approximate surface area is 114 Å². The minimum atomic E-state index is -2.07. The summed E-state index contributed by atoms with van der Waals surface area (Å²) < 4.78 is 8.28. The molecule has 0 aromatic heterocycles. The first-order valence-corrected chi connectivity index (χ1v) is 5.52. The van der Waals surface area contributed by atoms with Gasteiger partial charge in [0, 0.05) is 12.3 Å². The van der Waals surface area contributed by atoms with Gasteiger partial charge in [-0.25, -0.2) is 14.6 Å². The van der Waals surface area contributed by atoms with Gasteiger partial charge in [0.1, 0.15) is 0 Å². The molecule has 0 atom stereocenters. The van der Waals surface area contributed by atoms with Crippen LogP contribution >= 0.6 is 0 Å². The van der Waals surface area contributed by atoms with E-state index in [-0.39, 0.29) is 0 Å². The Morgan fingerprint density at radius 3 is 1.95 bits per heavy atom. The van der Waals surface area contributed by atoms with Crippen molar-refractivity contribution < 1.29 is 29.3 Å². The molecule has 1 aliphatic heterocycles. The van der Waals surface area contributed by atoms with E-state index in [2.05, 4.69) is 33.5 Å². The largest absolute Gasteiger partial charge is 0.510 e. The van der Waals surface area contributed by atoms with Crippen LogP contribution in [-0.4, -0.2) is 34.6 Å². The smallest absolute Gasteiger partial charge is 0.450 e. The summed E-state index contributed by atoms with van der Waals surface area (Å²) in [6, 6.07) is 10.3. The molecule has 1 heterocycles. The third-order valence-corrected chi connectivity index (χ3v) is 2.05. The molecule has 2 rings (SSSR count). The summed E-state index contributed by atoms with van der Waals surface area (Å²) >= 11 is 0. The molecule has 0 saturated heterocycles. The highest BCUT2D eigenvalue weighted by atomic mass is 16.8. The fraction of sp³-hybridized carbons (Fsp3) is 0.154. The summed E-state index contributed by atoms with van der Waals surface area (Å²) in [6.45, 7) is 2.08. The van der Waals surface area contributed by atoms with Crippen LogP contribution in [-0.2, 0) is 9.47 Å². The SMILES string of the molecule is Cc1ccccc1.O=C(O)OC1(OC(=O)O)C=CC=N1. The lowest BCUT2D eigenvalue weighted by Gasteiger charge is -2.19. The number of aliphatic imine (C=N–C) groups is 1. The molecule has 2 N–H and O–H groups in total. The van der Waals surface area contributed by atoms with Crippen LogP contribution in [0.4, 0.5) is 9.59 Å². The third kappa shape index (κ3) is 5.21. The molecule has 1 aromatic rings. The van der Waals surface area contributed by atoms with E-state index < -0.39 is 18.2 Å². The number of hydrogen-bond acceptors (Lipinski definition) is 5. The number of hydrogen-bond donors (Lipinski definition) is 2. The topological polar surface area (TPSA) is 105 Å². The number of carbonyl (C=O) groups is 2. The maximum Gasteiger partial charge on any atom is 0.510 e. The Hall–Kier alpha value is -2.83. The van der Waals surface area contributed by atoms with Crippen molar-refractivity contribution in [3.8, 4) is 0 Å². The van der Waals surface area contributed by atoms with Gasteiger partial charge in [-0.15, -0.1) is 0 Å². The molecule has 0 spiro atoms. The minimum absolute atomic E-state index is 1.06. The molecule has 7 nitrogen and oxygen atoms in total. The molecule has 0 fully saturated rings. The van der Waals surface area contributed by atoms with E-state index >= 15 is 0 Å². The molecule has 1 aromatic carbocycles. The molecule has 1 aliphatic rings. The molecule has 0 amide bonds. The van der Waals surface area contributed by atoms with Crippen LogP contribution < -0.4 is 0 Å². The second-order valence-corrected chi connectivity index (χ2v) is 3.66. The summed E-state index contributed by atoms with van der Waals surface area (Å²) in [7, 11) is 0. The zero-order valence-electron chi connectivity index (χ0n) is 10.6. The molecule has 106 valence electrons. The minimum Gasteiger partial charge on any atom is -0.450 e. The Kier molecular flexibility index (Phi) is 5.28. The predicted molar refractivity (Wildman–Crippen MR) is 69.8 cm³/mol. The Morgan fingerprint density at radius 2 is 1.65 bits per heavy atom. The van der Waals surface area contributed by atoms with Crippen LogP contribution in [0.1, 0.15) is 5.56 Å². The predicted octanol–water partition coefficient (Wildman–Crippen LogP) is 2.67. The van der Waals surface area contributed by atoms with Crippen molar-refractivity contribution in [2.24, 2.45) is 4.99 Å². The molecular weight excluding hydrogens is 266 g/mol. The van der Waals surface area contributed by atoms with E-state index in [1.165, 1.54) is 17.9 Å². The Bertz CT molecular complexity index is 493. The van der Waals surface area contributed by atoms with Crippen molar-refractivity contribution in [1.82, 2.24) is 0 Å². The number of rotatable bonds is 2. The normalized spacial score (nSPS) is 14.1. The fourth-order valence-electron chi connectivity index (χ4n) is 1.28. The van der Waals surface area contributed by atoms with Crippen molar-refractivity contribution >= 4 is 18.5 Å². The van der Waals surface area contributed by atoms with Crippen LogP contribution in [0.15, 0.2) is 47.5 Å². The number of allylic oxidation sites excluding steroid dienone is 1. The maximum absolute atomic E-state index is 10.1. The van der Waals surface area contributed by atoms with Gasteiger partial charge in [0.25, 0.3) is 0 Å². The maximum atomic E-state index is 10.1. The van der Waals surface area contributed by atoms with Gasteiger partial charge in [0.2, 0.25) is 0 Å². The lowest BCUT2D eigenvalue weighted by molar-refractivity contribution is -0.140.